The Labute approximate surface area is 149 Å². The first kappa shape index (κ1) is 18.3. The summed E-state index contributed by atoms with van der Waals surface area (Å²) in [6, 6.07) is 0. The summed E-state index contributed by atoms with van der Waals surface area (Å²) in [6.45, 7) is 8.47. The maximum Gasteiger partial charge on any atom is 0.312 e. The van der Waals surface area contributed by atoms with E-state index in [0.717, 1.165) is 12.8 Å². The fourth-order valence-electron chi connectivity index (χ4n) is 6.09. The predicted octanol–water partition coefficient (Wildman–Crippen LogP) is 6.42. The lowest BCUT2D eigenvalue weighted by atomic mass is 9.64. The van der Waals surface area contributed by atoms with Crippen molar-refractivity contribution in [1.82, 2.24) is 0 Å². The molecule has 0 heterocycles. The molecule has 0 amide bonds. The molecule has 1 unspecified atom stereocenters. The first-order chi connectivity index (χ1) is 11.3. The second-order valence-electron chi connectivity index (χ2n) is 10.1. The molecular formula is C22H38O2. The summed E-state index contributed by atoms with van der Waals surface area (Å²) < 4.78 is 6.44. The van der Waals surface area contributed by atoms with Gasteiger partial charge in [0.25, 0.3) is 0 Å². The number of esters is 1. The Morgan fingerprint density at radius 1 is 0.917 bits per heavy atom. The van der Waals surface area contributed by atoms with Gasteiger partial charge in [0.1, 0.15) is 5.60 Å². The maximum absolute atomic E-state index is 12.9. The quantitative estimate of drug-likeness (QED) is 0.557. The number of carbonyl (C=O) groups is 1. The second-order valence-corrected chi connectivity index (χ2v) is 10.1. The first-order valence-corrected chi connectivity index (χ1v) is 10.5. The van der Waals surface area contributed by atoms with Crippen LogP contribution in [-0.2, 0) is 9.53 Å². The maximum atomic E-state index is 12.9. The molecule has 0 aromatic carbocycles. The molecule has 0 aromatic heterocycles. The van der Waals surface area contributed by atoms with Crippen LogP contribution in [0.3, 0.4) is 0 Å². The minimum Gasteiger partial charge on any atom is -0.458 e. The number of rotatable bonds is 3. The molecule has 3 rings (SSSR count). The Kier molecular flexibility index (Phi) is 4.81. The van der Waals surface area contributed by atoms with Gasteiger partial charge in [-0.1, -0.05) is 45.4 Å². The van der Waals surface area contributed by atoms with Crippen molar-refractivity contribution in [1.29, 1.82) is 0 Å². The van der Waals surface area contributed by atoms with Gasteiger partial charge in [-0.3, -0.25) is 4.79 Å². The molecule has 3 saturated carbocycles. The van der Waals surface area contributed by atoms with E-state index in [1.54, 1.807) is 0 Å². The third-order valence-corrected chi connectivity index (χ3v) is 8.03. The minimum atomic E-state index is -0.360. The Balaban J connectivity index is 1.88. The van der Waals surface area contributed by atoms with Gasteiger partial charge in [0.2, 0.25) is 0 Å². The molecule has 2 spiro atoms. The largest absolute Gasteiger partial charge is 0.458 e. The Bertz CT molecular complexity index is 466. The molecule has 2 nitrogen and oxygen atoms in total. The van der Waals surface area contributed by atoms with Crippen LogP contribution < -0.4 is 0 Å². The van der Waals surface area contributed by atoms with Crippen LogP contribution in [0.5, 0.6) is 0 Å². The van der Waals surface area contributed by atoms with E-state index >= 15 is 0 Å². The predicted molar refractivity (Wildman–Crippen MR) is 98.8 cm³/mol. The van der Waals surface area contributed by atoms with Gasteiger partial charge in [0.05, 0.1) is 5.41 Å². The van der Waals surface area contributed by atoms with Gasteiger partial charge in [-0.15, -0.1) is 0 Å². The average molecular weight is 335 g/mol. The third kappa shape index (κ3) is 3.03. The molecular weight excluding hydrogens is 296 g/mol. The monoisotopic (exact) mass is 334 g/mol. The van der Waals surface area contributed by atoms with E-state index in [1.165, 1.54) is 70.6 Å². The van der Waals surface area contributed by atoms with Gasteiger partial charge < -0.3 is 4.74 Å². The zero-order valence-corrected chi connectivity index (χ0v) is 16.5. The lowest BCUT2D eigenvalue weighted by Gasteiger charge is -2.46. The Hall–Kier alpha value is -0.530. The highest BCUT2D eigenvalue weighted by atomic mass is 16.6. The van der Waals surface area contributed by atoms with Crippen molar-refractivity contribution in [2.24, 2.45) is 16.2 Å². The number of hydrogen-bond donors (Lipinski definition) is 0. The van der Waals surface area contributed by atoms with Gasteiger partial charge in [-0.05, 0) is 71.1 Å². The fourth-order valence-corrected chi connectivity index (χ4v) is 6.09. The Morgan fingerprint density at radius 3 is 2.00 bits per heavy atom. The van der Waals surface area contributed by atoms with Gasteiger partial charge in [-0.25, -0.2) is 0 Å². The molecule has 1 atom stereocenters. The lowest BCUT2D eigenvalue weighted by molar-refractivity contribution is -0.184. The van der Waals surface area contributed by atoms with Crippen LogP contribution >= 0.6 is 0 Å². The fraction of sp³-hybridized carbons (Fsp3) is 0.955. The third-order valence-electron chi connectivity index (χ3n) is 8.03. The summed E-state index contributed by atoms with van der Waals surface area (Å²) in [5.74, 6) is 0.0327. The minimum absolute atomic E-state index is 0.0327. The summed E-state index contributed by atoms with van der Waals surface area (Å²) in [5, 5.41) is 0. The van der Waals surface area contributed by atoms with Crippen LogP contribution in [0.25, 0.3) is 0 Å². The van der Waals surface area contributed by atoms with E-state index in [1.807, 2.05) is 13.8 Å². The Morgan fingerprint density at radius 2 is 1.46 bits per heavy atom. The van der Waals surface area contributed by atoms with Crippen LogP contribution in [0.1, 0.15) is 111 Å². The summed E-state index contributed by atoms with van der Waals surface area (Å²) in [5.41, 5.74) is 0.110. The molecule has 0 aromatic rings. The van der Waals surface area contributed by atoms with Gasteiger partial charge in [-0.2, -0.15) is 0 Å². The SMILES string of the molecule is CCC(C)(C)C(=O)OC1(C)CC2(CCCCC2)CC12CCCCC2. The van der Waals surface area contributed by atoms with Crippen LogP contribution in [0, 0.1) is 16.2 Å². The molecule has 3 fully saturated rings. The molecule has 0 saturated heterocycles. The molecule has 0 aliphatic heterocycles. The zero-order valence-electron chi connectivity index (χ0n) is 16.5. The topological polar surface area (TPSA) is 26.3 Å². The van der Waals surface area contributed by atoms with Crippen LogP contribution in [0.15, 0.2) is 0 Å². The number of carbonyl (C=O) groups excluding carboxylic acids is 1. The van der Waals surface area contributed by atoms with Crippen LogP contribution in [-0.4, -0.2) is 11.6 Å². The highest BCUT2D eigenvalue weighted by molar-refractivity contribution is 5.76. The van der Waals surface area contributed by atoms with E-state index in [2.05, 4.69) is 13.8 Å². The molecule has 3 aliphatic rings. The van der Waals surface area contributed by atoms with Crippen molar-refractivity contribution in [2.75, 3.05) is 0 Å². The van der Waals surface area contributed by atoms with Crippen LogP contribution in [0.4, 0.5) is 0 Å². The highest BCUT2D eigenvalue weighted by Crippen LogP contribution is 2.66. The van der Waals surface area contributed by atoms with E-state index in [4.69, 9.17) is 4.74 Å². The molecule has 2 heteroatoms. The molecule has 0 radical (unpaired) electrons. The normalized spacial score (nSPS) is 32.2. The van der Waals surface area contributed by atoms with Gasteiger partial charge in [0, 0.05) is 5.41 Å². The van der Waals surface area contributed by atoms with E-state index in [9.17, 15) is 4.79 Å². The zero-order chi connectivity index (χ0) is 17.5. The second kappa shape index (κ2) is 6.32. The summed E-state index contributed by atoms with van der Waals surface area (Å²) in [4.78, 5) is 12.9. The van der Waals surface area contributed by atoms with Gasteiger partial charge in [0.15, 0.2) is 0 Å². The van der Waals surface area contributed by atoms with Crippen molar-refractivity contribution < 1.29 is 9.53 Å². The lowest BCUT2D eigenvalue weighted by Crippen LogP contribution is -2.48. The van der Waals surface area contributed by atoms with Crippen molar-refractivity contribution in [3.05, 3.63) is 0 Å². The average Bonchev–Trinajstić information content (AvgIpc) is 2.76. The standard InChI is InChI=1S/C22H38O2/c1-5-19(2,3)18(23)24-20(4)16-21(12-8-6-9-13-21)17-22(20)14-10-7-11-15-22/h5-17H2,1-4H3. The molecule has 138 valence electrons. The van der Waals surface area contributed by atoms with Crippen LogP contribution in [0.2, 0.25) is 0 Å². The summed E-state index contributed by atoms with van der Waals surface area (Å²) in [6.07, 6.45) is 16.7. The van der Waals surface area contributed by atoms with Crippen molar-refractivity contribution in [2.45, 2.75) is 117 Å². The van der Waals surface area contributed by atoms with Gasteiger partial charge >= 0.3 is 5.97 Å². The van der Waals surface area contributed by atoms with Crippen molar-refractivity contribution >= 4 is 5.97 Å². The molecule has 0 N–H and O–H groups in total. The highest BCUT2D eigenvalue weighted by Gasteiger charge is 2.63. The number of ether oxygens (including phenoxy) is 1. The molecule has 0 bridgehead atoms. The van der Waals surface area contributed by atoms with E-state index in [0.29, 0.717) is 5.41 Å². The number of hydrogen-bond acceptors (Lipinski definition) is 2. The summed E-state index contributed by atoms with van der Waals surface area (Å²) >= 11 is 0. The summed E-state index contributed by atoms with van der Waals surface area (Å²) in [7, 11) is 0. The van der Waals surface area contributed by atoms with E-state index in [-0.39, 0.29) is 22.4 Å². The first-order valence-electron chi connectivity index (χ1n) is 10.5. The molecule has 24 heavy (non-hydrogen) atoms. The van der Waals surface area contributed by atoms with Crippen molar-refractivity contribution in [3.8, 4) is 0 Å². The smallest absolute Gasteiger partial charge is 0.312 e. The molecule has 3 aliphatic carbocycles. The van der Waals surface area contributed by atoms with Crippen molar-refractivity contribution in [3.63, 3.8) is 0 Å². The van der Waals surface area contributed by atoms with E-state index < -0.39 is 0 Å².